The van der Waals surface area contributed by atoms with E-state index in [1.165, 1.54) is 17.8 Å². The van der Waals surface area contributed by atoms with Gasteiger partial charge in [-0.2, -0.15) is 0 Å². The van der Waals surface area contributed by atoms with Gasteiger partial charge in [0.1, 0.15) is 5.82 Å². The summed E-state index contributed by atoms with van der Waals surface area (Å²) in [7, 11) is 0. The van der Waals surface area contributed by atoms with Gasteiger partial charge in [0.25, 0.3) is 0 Å². The van der Waals surface area contributed by atoms with Crippen molar-refractivity contribution in [1.82, 2.24) is 4.90 Å². The van der Waals surface area contributed by atoms with Crippen LogP contribution in [0.1, 0.15) is 43.4 Å². The van der Waals surface area contributed by atoms with Crippen molar-refractivity contribution in [2.24, 2.45) is 0 Å². The molecule has 2 aliphatic heterocycles. The molecule has 0 aromatic heterocycles. The summed E-state index contributed by atoms with van der Waals surface area (Å²) in [5, 5.41) is 0. The van der Waals surface area contributed by atoms with Gasteiger partial charge in [0, 0.05) is 37.2 Å². The van der Waals surface area contributed by atoms with E-state index in [0.717, 1.165) is 43.9 Å². The van der Waals surface area contributed by atoms with Crippen LogP contribution < -0.4 is 4.90 Å². The summed E-state index contributed by atoms with van der Waals surface area (Å²) < 4.78 is 18.9. The molecular weight excluding hydrogens is 391 g/mol. The summed E-state index contributed by atoms with van der Waals surface area (Å²) in [6, 6.07) is 15.2. The molecule has 0 aliphatic carbocycles. The molecule has 164 valence electrons. The summed E-state index contributed by atoms with van der Waals surface area (Å²) in [5.41, 5.74) is 3.06. The number of allylic oxidation sites excluding steroid dienone is 1. The Morgan fingerprint density at radius 3 is 2.39 bits per heavy atom. The number of carbonyl (C=O) groups excluding carboxylic acids is 1. The molecule has 4 rings (SSSR count). The molecule has 0 radical (unpaired) electrons. The second-order valence-corrected chi connectivity index (χ2v) is 8.66. The Labute approximate surface area is 184 Å². The van der Waals surface area contributed by atoms with E-state index in [4.69, 9.17) is 4.74 Å². The molecule has 0 N–H and O–H groups in total. The van der Waals surface area contributed by atoms with E-state index in [2.05, 4.69) is 42.7 Å². The van der Waals surface area contributed by atoms with E-state index in [-0.39, 0.29) is 23.2 Å². The van der Waals surface area contributed by atoms with Gasteiger partial charge in [-0.1, -0.05) is 30.3 Å². The van der Waals surface area contributed by atoms with Gasteiger partial charge in [-0.25, -0.2) is 4.39 Å². The van der Waals surface area contributed by atoms with Gasteiger partial charge < -0.3 is 14.5 Å². The zero-order valence-electron chi connectivity index (χ0n) is 18.2. The Balaban J connectivity index is 1.48. The van der Waals surface area contributed by atoms with Crippen LogP contribution in [0.2, 0.25) is 0 Å². The highest BCUT2D eigenvalue weighted by molar-refractivity contribution is 5.79. The van der Waals surface area contributed by atoms with Crippen molar-refractivity contribution in [3.63, 3.8) is 0 Å². The number of hydrogen-bond acceptors (Lipinski definition) is 3. The van der Waals surface area contributed by atoms with Crippen molar-refractivity contribution in [1.29, 1.82) is 0 Å². The Bertz CT molecular complexity index is 906. The first-order valence-corrected chi connectivity index (χ1v) is 11.1. The average Bonchev–Trinajstić information content (AvgIpc) is 2.80. The number of likely N-dealkylation sites (tertiary alicyclic amines) is 1. The molecule has 2 aromatic rings. The van der Waals surface area contributed by atoms with Crippen LogP contribution in [0.25, 0.3) is 0 Å². The fourth-order valence-corrected chi connectivity index (χ4v) is 4.93. The van der Waals surface area contributed by atoms with Gasteiger partial charge in [-0.05, 0) is 55.2 Å². The number of carbonyl (C=O) groups is 1. The maximum atomic E-state index is 13.4. The standard InChI is InChI=1S/C26H31FN2O2/c1-3-12-26(22-6-8-23(27)9-7-22)13-14-29(25(30)19-26)20(2)21-4-10-24(11-5-21)28-15-17-31-18-16-28/h3-11,20H,1,12-19H2,2H3/t20-,26-/m0/s1. The van der Waals surface area contributed by atoms with E-state index < -0.39 is 0 Å². The van der Waals surface area contributed by atoms with Crippen molar-refractivity contribution in [2.45, 2.75) is 37.6 Å². The fraction of sp³-hybridized carbons (Fsp3) is 0.423. The summed E-state index contributed by atoms with van der Waals surface area (Å²) in [5.74, 6) is -0.113. The molecule has 2 aliphatic rings. The third kappa shape index (κ3) is 4.52. The van der Waals surface area contributed by atoms with Crippen LogP contribution in [0.3, 0.4) is 0 Å². The largest absolute Gasteiger partial charge is 0.378 e. The average molecular weight is 423 g/mol. The van der Waals surface area contributed by atoms with E-state index in [9.17, 15) is 9.18 Å². The first kappa shape index (κ1) is 21.6. The van der Waals surface area contributed by atoms with Crippen molar-refractivity contribution < 1.29 is 13.9 Å². The number of halogens is 1. The monoisotopic (exact) mass is 422 g/mol. The number of anilines is 1. The van der Waals surface area contributed by atoms with Crippen molar-refractivity contribution in [3.05, 3.63) is 78.1 Å². The van der Waals surface area contributed by atoms with Gasteiger partial charge >= 0.3 is 0 Å². The second kappa shape index (κ2) is 9.23. The predicted octanol–water partition coefficient (Wildman–Crippen LogP) is 4.86. The highest BCUT2D eigenvalue weighted by Gasteiger charge is 2.40. The number of benzene rings is 2. The SMILES string of the molecule is C=CC[C@]1(c2ccc(F)cc2)CCN([C@@H](C)c2ccc(N3CCOCC3)cc2)C(=O)C1. The molecule has 2 heterocycles. The Hall–Kier alpha value is -2.66. The number of piperidine rings is 1. The lowest BCUT2D eigenvalue weighted by Gasteiger charge is -2.43. The van der Waals surface area contributed by atoms with Crippen LogP contribution in [0.5, 0.6) is 0 Å². The zero-order valence-corrected chi connectivity index (χ0v) is 18.2. The Kier molecular flexibility index (Phi) is 6.42. The molecule has 0 unspecified atom stereocenters. The molecular formula is C26H31FN2O2. The van der Waals surface area contributed by atoms with Crippen LogP contribution in [0.4, 0.5) is 10.1 Å². The molecule has 0 bridgehead atoms. The Morgan fingerprint density at radius 1 is 1.10 bits per heavy atom. The number of morpholine rings is 1. The minimum Gasteiger partial charge on any atom is -0.378 e. The first-order valence-electron chi connectivity index (χ1n) is 11.1. The third-order valence-electron chi connectivity index (χ3n) is 6.85. The number of amides is 1. The van der Waals surface area contributed by atoms with Crippen LogP contribution >= 0.6 is 0 Å². The third-order valence-corrected chi connectivity index (χ3v) is 6.85. The number of hydrogen-bond donors (Lipinski definition) is 0. The molecule has 2 fully saturated rings. The van der Waals surface area contributed by atoms with E-state index in [1.54, 1.807) is 0 Å². The minimum atomic E-state index is -0.303. The lowest BCUT2D eigenvalue weighted by molar-refractivity contribution is -0.138. The zero-order chi connectivity index (χ0) is 21.8. The van der Waals surface area contributed by atoms with Crippen molar-refractivity contribution >= 4 is 11.6 Å². The van der Waals surface area contributed by atoms with Crippen LogP contribution in [-0.2, 0) is 14.9 Å². The van der Waals surface area contributed by atoms with Gasteiger partial charge in [0.15, 0.2) is 0 Å². The minimum absolute atomic E-state index is 0.0150. The maximum absolute atomic E-state index is 13.4. The lowest BCUT2D eigenvalue weighted by atomic mass is 9.70. The fourth-order valence-electron chi connectivity index (χ4n) is 4.93. The summed E-state index contributed by atoms with van der Waals surface area (Å²) in [6.45, 7) is 10.0. The van der Waals surface area contributed by atoms with Crippen LogP contribution in [-0.4, -0.2) is 43.7 Å². The molecule has 0 spiro atoms. The smallest absolute Gasteiger partial charge is 0.223 e. The topological polar surface area (TPSA) is 32.8 Å². The summed E-state index contributed by atoms with van der Waals surface area (Å²) >= 11 is 0. The van der Waals surface area contributed by atoms with Gasteiger partial charge in [0.05, 0.1) is 19.3 Å². The van der Waals surface area contributed by atoms with Crippen molar-refractivity contribution in [3.8, 4) is 0 Å². The number of ether oxygens (including phenoxy) is 1. The highest BCUT2D eigenvalue weighted by atomic mass is 19.1. The Morgan fingerprint density at radius 2 is 1.77 bits per heavy atom. The van der Waals surface area contributed by atoms with E-state index in [0.29, 0.717) is 19.4 Å². The summed E-state index contributed by atoms with van der Waals surface area (Å²) in [6.07, 6.45) is 3.84. The van der Waals surface area contributed by atoms with Gasteiger partial charge in [-0.3, -0.25) is 4.79 Å². The van der Waals surface area contributed by atoms with Crippen LogP contribution in [0, 0.1) is 5.82 Å². The number of rotatable bonds is 6. The molecule has 2 aromatic carbocycles. The molecule has 1 amide bonds. The lowest BCUT2D eigenvalue weighted by Crippen LogP contribution is -2.47. The first-order chi connectivity index (χ1) is 15.0. The van der Waals surface area contributed by atoms with Gasteiger partial charge in [-0.15, -0.1) is 6.58 Å². The van der Waals surface area contributed by atoms with Gasteiger partial charge in [0.2, 0.25) is 5.91 Å². The molecule has 5 heteroatoms. The number of nitrogens with zero attached hydrogens (tertiary/aromatic N) is 2. The second-order valence-electron chi connectivity index (χ2n) is 8.66. The maximum Gasteiger partial charge on any atom is 0.223 e. The molecule has 4 nitrogen and oxygen atoms in total. The quantitative estimate of drug-likeness (QED) is 0.624. The van der Waals surface area contributed by atoms with E-state index >= 15 is 0 Å². The predicted molar refractivity (Wildman–Crippen MR) is 122 cm³/mol. The molecule has 0 saturated carbocycles. The highest BCUT2D eigenvalue weighted by Crippen LogP contribution is 2.41. The molecule has 2 atom stereocenters. The van der Waals surface area contributed by atoms with E-state index in [1.807, 2.05) is 23.1 Å². The summed E-state index contributed by atoms with van der Waals surface area (Å²) in [4.78, 5) is 17.6. The molecule has 31 heavy (non-hydrogen) atoms. The normalized spacial score (nSPS) is 23.0. The van der Waals surface area contributed by atoms with Crippen LogP contribution in [0.15, 0.2) is 61.2 Å². The molecule has 2 saturated heterocycles. The van der Waals surface area contributed by atoms with Crippen molar-refractivity contribution in [2.75, 3.05) is 37.7 Å².